The Hall–Kier alpha value is -1.56. The van der Waals surface area contributed by atoms with Crippen LogP contribution in [-0.4, -0.2) is 23.3 Å². The van der Waals surface area contributed by atoms with Gasteiger partial charge in [0.25, 0.3) is 0 Å². The molecule has 0 aliphatic rings. The van der Waals surface area contributed by atoms with Gasteiger partial charge in [-0.15, -0.1) is 0 Å². The molecule has 3 N–H and O–H groups in total. The molecule has 0 fully saturated rings. The number of aromatic amines is 1. The van der Waals surface area contributed by atoms with Crippen molar-refractivity contribution in [3.8, 4) is 0 Å². The first-order chi connectivity index (χ1) is 7.15. The van der Waals surface area contributed by atoms with E-state index in [9.17, 15) is 4.79 Å². The number of carbonyl (C=O) groups excluding carboxylic acids is 1. The molecular weight excluding hydrogens is 262 g/mol. The van der Waals surface area contributed by atoms with Gasteiger partial charge in [-0.1, -0.05) is 0 Å². The van der Waals surface area contributed by atoms with Gasteiger partial charge < -0.3 is 10.5 Å². The molecule has 0 saturated heterocycles. The number of esters is 1. The van der Waals surface area contributed by atoms with Crippen molar-refractivity contribution in [1.29, 1.82) is 0 Å². The van der Waals surface area contributed by atoms with Gasteiger partial charge in [0.2, 0.25) is 0 Å². The zero-order chi connectivity index (χ0) is 11.0. The summed E-state index contributed by atoms with van der Waals surface area (Å²) in [5.74, 6) is -0.483. The van der Waals surface area contributed by atoms with Gasteiger partial charge in [0, 0.05) is 9.86 Å². The van der Waals surface area contributed by atoms with E-state index in [0.717, 1.165) is 5.39 Å². The Labute approximate surface area is 93.7 Å². The van der Waals surface area contributed by atoms with Crippen LogP contribution < -0.4 is 5.73 Å². The number of benzene rings is 1. The van der Waals surface area contributed by atoms with Gasteiger partial charge in [0.1, 0.15) is 5.56 Å². The van der Waals surface area contributed by atoms with E-state index in [1.165, 1.54) is 7.11 Å². The summed E-state index contributed by atoms with van der Waals surface area (Å²) in [6.45, 7) is 0. The van der Waals surface area contributed by atoms with Crippen LogP contribution in [0.3, 0.4) is 0 Å². The fourth-order valence-corrected chi connectivity index (χ4v) is 1.83. The van der Waals surface area contributed by atoms with Crippen molar-refractivity contribution in [3.63, 3.8) is 0 Å². The van der Waals surface area contributed by atoms with Crippen LogP contribution >= 0.6 is 15.9 Å². The van der Waals surface area contributed by atoms with Gasteiger partial charge in [-0.25, -0.2) is 4.79 Å². The highest BCUT2D eigenvalue weighted by atomic mass is 79.9. The molecule has 0 bridgehead atoms. The molecule has 2 aromatic rings. The maximum absolute atomic E-state index is 11.5. The summed E-state index contributed by atoms with van der Waals surface area (Å²) in [5.41, 5.74) is 7.03. The molecule has 0 spiro atoms. The number of anilines is 1. The summed E-state index contributed by atoms with van der Waals surface area (Å²) in [6, 6.07) is 1.79. The van der Waals surface area contributed by atoms with Crippen LogP contribution in [0.5, 0.6) is 0 Å². The molecule has 78 valence electrons. The summed E-state index contributed by atoms with van der Waals surface area (Å²) in [7, 11) is 1.31. The number of hydrogen-bond acceptors (Lipinski definition) is 4. The highest BCUT2D eigenvalue weighted by molar-refractivity contribution is 9.10. The van der Waals surface area contributed by atoms with Crippen molar-refractivity contribution < 1.29 is 9.53 Å². The van der Waals surface area contributed by atoms with Crippen molar-refractivity contribution in [2.24, 2.45) is 0 Å². The lowest BCUT2D eigenvalue weighted by atomic mass is 10.1. The number of aromatic nitrogens is 2. The normalized spacial score (nSPS) is 10.5. The van der Waals surface area contributed by atoms with Crippen LogP contribution in [0.2, 0.25) is 0 Å². The standard InChI is InChI=1S/C9H8BrN3O2/c1-15-9(14)6-7(11)5(10)2-4-3-12-13-8(4)6/h2-3H,11H2,1H3,(H,12,13). The minimum absolute atomic E-state index is 0.305. The second kappa shape index (κ2) is 3.54. The number of nitrogens with zero attached hydrogens (tertiary/aromatic N) is 1. The first kappa shape index (κ1) is 9.97. The number of rotatable bonds is 1. The zero-order valence-corrected chi connectivity index (χ0v) is 9.46. The third kappa shape index (κ3) is 1.46. The summed E-state index contributed by atoms with van der Waals surface area (Å²) < 4.78 is 5.31. The first-order valence-electron chi connectivity index (χ1n) is 4.14. The van der Waals surface area contributed by atoms with Crippen molar-refractivity contribution in [1.82, 2.24) is 10.2 Å². The Bertz CT molecular complexity index is 535. The minimum Gasteiger partial charge on any atom is -0.465 e. The quantitative estimate of drug-likeness (QED) is 0.610. The van der Waals surface area contributed by atoms with Crippen molar-refractivity contribution >= 4 is 38.5 Å². The molecule has 1 aromatic heterocycles. The molecule has 1 aromatic carbocycles. The molecule has 0 aliphatic heterocycles. The minimum atomic E-state index is -0.483. The fraction of sp³-hybridized carbons (Fsp3) is 0.111. The average molecular weight is 270 g/mol. The second-order valence-corrected chi connectivity index (χ2v) is 3.83. The predicted octanol–water partition coefficient (Wildman–Crippen LogP) is 1.69. The van der Waals surface area contributed by atoms with Crippen LogP contribution in [0.1, 0.15) is 10.4 Å². The molecule has 0 aliphatic carbocycles. The number of nitrogens with two attached hydrogens (primary N) is 1. The van der Waals surface area contributed by atoms with Gasteiger partial charge >= 0.3 is 5.97 Å². The molecule has 0 unspecified atom stereocenters. The molecule has 0 amide bonds. The highest BCUT2D eigenvalue weighted by Gasteiger charge is 2.18. The Morgan fingerprint density at radius 3 is 3.07 bits per heavy atom. The summed E-state index contributed by atoms with van der Waals surface area (Å²) >= 11 is 3.27. The van der Waals surface area contributed by atoms with Gasteiger partial charge in [0.15, 0.2) is 0 Å². The summed E-state index contributed by atoms with van der Waals surface area (Å²) in [5, 5.41) is 7.37. The van der Waals surface area contributed by atoms with E-state index in [1.807, 2.05) is 0 Å². The third-order valence-corrected chi connectivity index (χ3v) is 2.77. The SMILES string of the molecule is COC(=O)c1c(N)c(Br)cc2cn[nH]c12. The number of halogens is 1. The molecule has 15 heavy (non-hydrogen) atoms. The summed E-state index contributed by atoms with van der Waals surface area (Å²) in [6.07, 6.45) is 1.62. The second-order valence-electron chi connectivity index (χ2n) is 2.97. The van der Waals surface area contributed by atoms with E-state index in [1.54, 1.807) is 12.3 Å². The number of ether oxygens (including phenoxy) is 1. The molecule has 0 radical (unpaired) electrons. The molecule has 0 saturated carbocycles. The lowest BCUT2D eigenvalue weighted by Crippen LogP contribution is -2.07. The third-order valence-electron chi connectivity index (χ3n) is 2.12. The molecule has 0 atom stereocenters. The number of H-pyrrole nitrogens is 1. The molecular formula is C9H8BrN3O2. The van der Waals surface area contributed by atoms with Crippen LogP contribution in [0.15, 0.2) is 16.7 Å². The largest absolute Gasteiger partial charge is 0.465 e. The van der Waals surface area contributed by atoms with E-state index in [0.29, 0.717) is 21.2 Å². The van der Waals surface area contributed by atoms with E-state index >= 15 is 0 Å². The summed E-state index contributed by atoms with van der Waals surface area (Å²) in [4.78, 5) is 11.5. The Kier molecular flexibility index (Phi) is 2.36. The highest BCUT2D eigenvalue weighted by Crippen LogP contribution is 2.30. The maximum atomic E-state index is 11.5. The zero-order valence-electron chi connectivity index (χ0n) is 7.87. The van der Waals surface area contributed by atoms with Crippen LogP contribution in [0, 0.1) is 0 Å². The van der Waals surface area contributed by atoms with E-state index in [2.05, 4.69) is 30.9 Å². The Morgan fingerprint density at radius 2 is 2.40 bits per heavy atom. The van der Waals surface area contributed by atoms with Gasteiger partial charge in [-0.2, -0.15) is 5.10 Å². The number of fused-ring (bicyclic) bond motifs is 1. The van der Waals surface area contributed by atoms with E-state index < -0.39 is 5.97 Å². The number of carbonyl (C=O) groups is 1. The van der Waals surface area contributed by atoms with Crippen LogP contribution in [0.25, 0.3) is 10.9 Å². The maximum Gasteiger partial charge on any atom is 0.342 e. The number of hydrogen-bond donors (Lipinski definition) is 2. The molecule has 6 heteroatoms. The number of nitrogen functional groups attached to an aromatic ring is 1. The fourth-order valence-electron chi connectivity index (χ4n) is 1.39. The van der Waals surface area contributed by atoms with Crippen molar-refractivity contribution in [2.75, 3.05) is 12.8 Å². The molecule has 2 rings (SSSR count). The van der Waals surface area contributed by atoms with Crippen molar-refractivity contribution in [3.05, 3.63) is 22.3 Å². The van der Waals surface area contributed by atoms with E-state index in [-0.39, 0.29) is 0 Å². The average Bonchev–Trinajstić information content (AvgIpc) is 2.66. The smallest absolute Gasteiger partial charge is 0.342 e. The van der Waals surface area contributed by atoms with E-state index in [4.69, 9.17) is 5.73 Å². The van der Waals surface area contributed by atoms with Crippen LogP contribution in [-0.2, 0) is 4.74 Å². The molecule has 1 heterocycles. The van der Waals surface area contributed by atoms with Gasteiger partial charge in [0.05, 0.1) is 24.5 Å². The first-order valence-corrected chi connectivity index (χ1v) is 4.93. The van der Waals surface area contributed by atoms with Crippen molar-refractivity contribution in [2.45, 2.75) is 0 Å². The molecule has 5 nitrogen and oxygen atoms in total. The van der Waals surface area contributed by atoms with Gasteiger partial charge in [-0.05, 0) is 22.0 Å². The van der Waals surface area contributed by atoms with Gasteiger partial charge in [-0.3, -0.25) is 5.10 Å². The topological polar surface area (TPSA) is 81.0 Å². The number of nitrogens with one attached hydrogen (secondary N) is 1. The Balaban J connectivity index is 2.83. The Morgan fingerprint density at radius 1 is 1.67 bits per heavy atom. The van der Waals surface area contributed by atoms with Crippen LogP contribution in [0.4, 0.5) is 5.69 Å². The predicted molar refractivity (Wildman–Crippen MR) is 59.5 cm³/mol. The lowest BCUT2D eigenvalue weighted by molar-refractivity contribution is 0.0604. The number of methoxy groups -OCH3 is 1. The lowest BCUT2D eigenvalue weighted by Gasteiger charge is -2.06. The monoisotopic (exact) mass is 269 g/mol.